The average molecular weight is 367 g/mol. The number of nitrogens with zero attached hydrogens (tertiary/aromatic N) is 1. The number of carbonyl (C=O) groups excluding carboxylic acids is 1. The lowest BCUT2D eigenvalue weighted by Gasteiger charge is -2.31. The Morgan fingerprint density at radius 3 is 2.68 bits per heavy atom. The molecular formula is C17H23BrN2O2. The average Bonchev–Trinajstić information content (AvgIpc) is 2.95. The van der Waals surface area contributed by atoms with Crippen molar-refractivity contribution in [3.63, 3.8) is 0 Å². The number of likely N-dealkylation sites (tertiary alicyclic amines) is 1. The number of nitrogens with one attached hydrogen (secondary N) is 1. The van der Waals surface area contributed by atoms with Crippen LogP contribution in [0.1, 0.15) is 48.9 Å². The van der Waals surface area contributed by atoms with Gasteiger partial charge in [-0.1, -0.05) is 35.2 Å². The summed E-state index contributed by atoms with van der Waals surface area (Å²) in [6.07, 6.45) is 7.68. The van der Waals surface area contributed by atoms with Gasteiger partial charge in [-0.3, -0.25) is 9.69 Å². The van der Waals surface area contributed by atoms with Crippen LogP contribution in [-0.4, -0.2) is 41.1 Å². The third kappa shape index (κ3) is 3.82. The van der Waals surface area contributed by atoms with E-state index in [1.807, 2.05) is 0 Å². The van der Waals surface area contributed by atoms with Crippen LogP contribution in [0.4, 0.5) is 0 Å². The summed E-state index contributed by atoms with van der Waals surface area (Å²) in [6, 6.07) is 5.76. The second kappa shape index (κ2) is 7.01. The van der Waals surface area contributed by atoms with Gasteiger partial charge in [0, 0.05) is 35.2 Å². The second-order valence-corrected chi connectivity index (χ2v) is 7.36. The largest absolute Gasteiger partial charge is 0.508 e. The molecule has 0 radical (unpaired) electrons. The summed E-state index contributed by atoms with van der Waals surface area (Å²) in [5.74, 6) is 0.00173. The van der Waals surface area contributed by atoms with E-state index < -0.39 is 0 Å². The maximum absolute atomic E-state index is 12.3. The van der Waals surface area contributed by atoms with Crippen molar-refractivity contribution in [3.8, 4) is 5.75 Å². The molecule has 22 heavy (non-hydrogen) atoms. The Kier molecular flexibility index (Phi) is 5.03. The van der Waals surface area contributed by atoms with E-state index in [0.717, 1.165) is 19.5 Å². The normalized spacial score (nSPS) is 23.6. The summed E-state index contributed by atoms with van der Waals surface area (Å²) >= 11 is 3.31. The van der Waals surface area contributed by atoms with Gasteiger partial charge in [-0.05, 0) is 37.5 Å². The van der Waals surface area contributed by atoms with Crippen LogP contribution < -0.4 is 5.32 Å². The number of amides is 1. The molecule has 1 atom stereocenters. The topological polar surface area (TPSA) is 52.6 Å². The molecule has 0 spiro atoms. The van der Waals surface area contributed by atoms with Gasteiger partial charge in [0.25, 0.3) is 5.91 Å². The lowest BCUT2D eigenvalue weighted by molar-refractivity contribution is 0.0934. The van der Waals surface area contributed by atoms with Gasteiger partial charge in [0.1, 0.15) is 5.75 Å². The van der Waals surface area contributed by atoms with Gasteiger partial charge in [0.05, 0.1) is 0 Å². The van der Waals surface area contributed by atoms with Gasteiger partial charge in [-0.2, -0.15) is 0 Å². The summed E-state index contributed by atoms with van der Waals surface area (Å²) in [5.41, 5.74) is 0.503. The Labute approximate surface area is 140 Å². The van der Waals surface area contributed by atoms with E-state index >= 15 is 0 Å². The zero-order valence-electron chi connectivity index (χ0n) is 12.7. The van der Waals surface area contributed by atoms with Crippen molar-refractivity contribution in [1.82, 2.24) is 10.2 Å². The summed E-state index contributed by atoms with van der Waals surface area (Å²) in [5, 5.41) is 12.7. The first-order valence-corrected chi connectivity index (χ1v) is 8.95. The number of halogens is 1. The highest BCUT2D eigenvalue weighted by atomic mass is 79.9. The van der Waals surface area contributed by atoms with Crippen LogP contribution >= 0.6 is 15.9 Å². The Bertz CT molecular complexity index is 523. The fraction of sp³-hybridized carbons (Fsp3) is 0.588. The van der Waals surface area contributed by atoms with Crippen LogP contribution in [0.3, 0.4) is 0 Å². The van der Waals surface area contributed by atoms with Gasteiger partial charge in [-0.15, -0.1) is 0 Å². The minimum absolute atomic E-state index is 0.105. The molecule has 1 aliphatic heterocycles. The molecule has 1 saturated carbocycles. The number of hydrogen-bond acceptors (Lipinski definition) is 3. The number of hydrogen-bond donors (Lipinski definition) is 2. The maximum Gasteiger partial charge on any atom is 0.251 e. The van der Waals surface area contributed by atoms with E-state index in [1.165, 1.54) is 38.2 Å². The monoisotopic (exact) mass is 366 g/mol. The molecule has 0 bridgehead atoms. The fourth-order valence-corrected chi connectivity index (χ4v) is 4.14. The van der Waals surface area contributed by atoms with E-state index in [4.69, 9.17) is 0 Å². The first kappa shape index (κ1) is 15.8. The zero-order valence-corrected chi connectivity index (χ0v) is 14.3. The molecule has 1 saturated heterocycles. The van der Waals surface area contributed by atoms with Crippen molar-refractivity contribution in [1.29, 1.82) is 0 Å². The van der Waals surface area contributed by atoms with Gasteiger partial charge in [0.15, 0.2) is 0 Å². The lowest BCUT2D eigenvalue weighted by atomic mass is 9.94. The van der Waals surface area contributed by atoms with Gasteiger partial charge in [0.2, 0.25) is 0 Å². The van der Waals surface area contributed by atoms with Crippen LogP contribution in [-0.2, 0) is 0 Å². The first-order chi connectivity index (χ1) is 10.6. The minimum atomic E-state index is -0.105. The van der Waals surface area contributed by atoms with Crippen molar-refractivity contribution < 1.29 is 9.90 Å². The van der Waals surface area contributed by atoms with E-state index in [0.29, 0.717) is 16.1 Å². The number of carbonyl (C=O) groups is 1. The molecule has 1 heterocycles. The molecule has 4 nitrogen and oxygen atoms in total. The molecule has 1 amide bonds. The Morgan fingerprint density at radius 2 is 1.95 bits per heavy atom. The van der Waals surface area contributed by atoms with E-state index in [9.17, 15) is 9.90 Å². The van der Waals surface area contributed by atoms with Gasteiger partial charge >= 0.3 is 0 Å². The number of aromatic hydroxyl groups is 1. The van der Waals surface area contributed by atoms with Crippen molar-refractivity contribution >= 4 is 21.8 Å². The van der Waals surface area contributed by atoms with Crippen LogP contribution in [0, 0.1) is 0 Å². The highest BCUT2D eigenvalue weighted by Gasteiger charge is 2.29. The third-order valence-electron chi connectivity index (χ3n) is 4.79. The molecular weight excluding hydrogens is 344 g/mol. The summed E-state index contributed by atoms with van der Waals surface area (Å²) < 4.78 is 0.716. The zero-order chi connectivity index (χ0) is 15.5. The van der Waals surface area contributed by atoms with Crippen LogP contribution in [0.15, 0.2) is 22.7 Å². The predicted octanol–water partition coefficient (Wildman–Crippen LogP) is 3.29. The van der Waals surface area contributed by atoms with E-state index in [1.54, 1.807) is 12.1 Å². The Balaban J connectivity index is 1.56. The predicted molar refractivity (Wildman–Crippen MR) is 90.1 cm³/mol. The van der Waals surface area contributed by atoms with Crippen molar-refractivity contribution in [2.75, 3.05) is 13.1 Å². The van der Waals surface area contributed by atoms with Crippen LogP contribution in [0.2, 0.25) is 0 Å². The van der Waals surface area contributed by atoms with E-state index in [-0.39, 0.29) is 17.7 Å². The molecule has 1 aromatic carbocycles. The number of benzene rings is 1. The fourth-order valence-electron chi connectivity index (χ4n) is 3.66. The summed E-state index contributed by atoms with van der Waals surface area (Å²) in [4.78, 5) is 14.9. The summed E-state index contributed by atoms with van der Waals surface area (Å²) in [7, 11) is 0. The molecule has 5 heteroatoms. The maximum atomic E-state index is 12.3. The molecule has 0 aromatic heterocycles. The molecule has 1 aromatic rings. The number of phenols is 1. The molecule has 2 N–H and O–H groups in total. The van der Waals surface area contributed by atoms with E-state index in [2.05, 4.69) is 26.1 Å². The quantitative estimate of drug-likeness (QED) is 0.862. The number of phenolic OH excluding ortho intramolecular Hbond substituents is 1. The van der Waals surface area contributed by atoms with Crippen molar-refractivity contribution in [2.45, 2.75) is 50.6 Å². The molecule has 2 fully saturated rings. The number of rotatable bonds is 3. The SMILES string of the molecule is O=C(NC1CCN(C2CCCCC2)C1)c1cc(O)cc(Br)c1. The molecule has 2 aliphatic rings. The third-order valence-corrected chi connectivity index (χ3v) is 5.25. The minimum Gasteiger partial charge on any atom is -0.508 e. The van der Waals surface area contributed by atoms with Crippen LogP contribution in [0.25, 0.3) is 0 Å². The lowest BCUT2D eigenvalue weighted by Crippen LogP contribution is -2.40. The second-order valence-electron chi connectivity index (χ2n) is 6.44. The Hall–Kier alpha value is -1.07. The summed E-state index contributed by atoms with van der Waals surface area (Å²) in [6.45, 7) is 2.04. The van der Waals surface area contributed by atoms with Gasteiger partial charge < -0.3 is 10.4 Å². The Morgan fingerprint density at radius 1 is 1.18 bits per heavy atom. The standard InChI is InChI=1S/C17H23BrN2O2/c18-13-8-12(9-16(21)10-13)17(22)19-14-6-7-20(11-14)15-4-2-1-3-5-15/h8-10,14-15,21H,1-7,11H2,(H,19,22). The highest BCUT2D eigenvalue weighted by molar-refractivity contribution is 9.10. The molecule has 120 valence electrons. The highest BCUT2D eigenvalue weighted by Crippen LogP contribution is 2.26. The van der Waals surface area contributed by atoms with Crippen LogP contribution in [0.5, 0.6) is 5.75 Å². The smallest absolute Gasteiger partial charge is 0.251 e. The van der Waals surface area contributed by atoms with Gasteiger partial charge in [-0.25, -0.2) is 0 Å². The van der Waals surface area contributed by atoms with Crippen molar-refractivity contribution in [2.24, 2.45) is 0 Å². The molecule has 3 rings (SSSR count). The van der Waals surface area contributed by atoms with Crippen molar-refractivity contribution in [3.05, 3.63) is 28.2 Å². The molecule has 1 aliphatic carbocycles. The molecule has 1 unspecified atom stereocenters. The first-order valence-electron chi connectivity index (χ1n) is 8.16.